The van der Waals surface area contributed by atoms with Gasteiger partial charge < -0.3 is 4.74 Å². The number of ether oxygens (including phenoxy) is 1. The molecule has 2 heteroatoms. The van der Waals surface area contributed by atoms with E-state index >= 15 is 4.79 Å². The maximum Gasteiger partial charge on any atom is 0.171 e. The number of benzene rings is 4. The van der Waals surface area contributed by atoms with Crippen LogP contribution >= 0.6 is 0 Å². The maximum atomic E-state index is 15.4. The first-order valence-corrected chi connectivity index (χ1v) is 12.6. The summed E-state index contributed by atoms with van der Waals surface area (Å²) in [6.45, 7) is 1.11. The molecule has 2 nitrogen and oxygen atoms in total. The molecular weight excluding hydrogens is 440 g/mol. The van der Waals surface area contributed by atoms with Crippen LogP contribution < -0.4 is 0 Å². The van der Waals surface area contributed by atoms with Gasteiger partial charge in [-0.25, -0.2) is 0 Å². The molecule has 4 aromatic rings. The molecule has 0 amide bonds. The van der Waals surface area contributed by atoms with Crippen LogP contribution in [0.25, 0.3) is 11.1 Å². The Hall–Kier alpha value is -4.01. The maximum absolute atomic E-state index is 15.4. The van der Waals surface area contributed by atoms with Crippen LogP contribution in [0.3, 0.4) is 0 Å². The van der Waals surface area contributed by atoms with E-state index in [9.17, 15) is 0 Å². The summed E-state index contributed by atoms with van der Waals surface area (Å²) in [5.41, 5.74) is 7.10. The van der Waals surface area contributed by atoms with Gasteiger partial charge in [0.1, 0.15) is 10.8 Å². The zero-order valence-corrected chi connectivity index (χ0v) is 20.0. The van der Waals surface area contributed by atoms with Crippen LogP contribution in [0.5, 0.6) is 0 Å². The molecule has 3 aliphatic rings. The molecule has 0 saturated carbocycles. The summed E-state index contributed by atoms with van der Waals surface area (Å²) in [5, 5.41) is 0. The first kappa shape index (κ1) is 21.3. The van der Waals surface area contributed by atoms with Crippen LogP contribution in [0, 0.1) is 0 Å². The van der Waals surface area contributed by atoms with Crippen molar-refractivity contribution in [2.45, 2.75) is 17.3 Å². The topological polar surface area (TPSA) is 26.3 Å². The Morgan fingerprint density at radius 3 is 1.42 bits per heavy atom. The largest absolute Gasteiger partial charge is 0.377 e. The molecule has 4 aromatic carbocycles. The highest BCUT2D eigenvalue weighted by molar-refractivity contribution is 6.33. The van der Waals surface area contributed by atoms with Gasteiger partial charge in [-0.3, -0.25) is 4.79 Å². The number of carbonyl (C=O) groups is 1. The molecule has 1 aliphatic heterocycles. The number of hydrogen-bond donors (Lipinski definition) is 0. The van der Waals surface area contributed by atoms with Crippen molar-refractivity contribution in [1.29, 1.82) is 0 Å². The van der Waals surface area contributed by atoms with Crippen molar-refractivity contribution in [2.24, 2.45) is 0 Å². The lowest BCUT2D eigenvalue weighted by atomic mass is 9.64. The van der Waals surface area contributed by atoms with E-state index in [2.05, 4.69) is 84.9 Å². The molecule has 0 N–H and O–H groups in total. The highest BCUT2D eigenvalue weighted by Gasteiger charge is 2.71. The van der Waals surface area contributed by atoms with E-state index in [1.807, 2.05) is 36.4 Å². The molecule has 2 unspecified atom stereocenters. The Bertz CT molecular complexity index is 1400. The van der Waals surface area contributed by atoms with Gasteiger partial charge >= 0.3 is 0 Å². The van der Waals surface area contributed by atoms with Crippen LogP contribution in [0.1, 0.15) is 28.7 Å². The summed E-state index contributed by atoms with van der Waals surface area (Å²) < 4.78 is 6.10. The third-order valence-corrected chi connectivity index (χ3v) is 8.23. The fourth-order valence-corrected chi connectivity index (χ4v) is 7.00. The standard InChI is InChI=1S/C34H26O2/c35-32-33(26-17-9-3-10-18-26)28-21-22-36-23-29(28)34(32,27-19-11-4-12-20-27)31(25-15-7-2-8-16-25)30(33)24-13-5-1-6-14-24/h1-20H,21-23H2. The van der Waals surface area contributed by atoms with E-state index in [0.717, 1.165) is 45.4 Å². The van der Waals surface area contributed by atoms with Gasteiger partial charge in [-0.15, -0.1) is 0 Å². The molecule has 0 radical (unpaired) electrons. The van der Waals surface area contributed by atoms with Crippen molar-refractivity contribution in [3.8, 4) is 0 Å². The number of allylic oxidation sites excluding steroid dienone is 2. The monoisotopic (exact) mass is 466 g/mol. The molecule has 1 heterocycles. The average molecular weight is 467 g/mol. The Labute approximate surface area is 211 Å². The van der Waals surface area contributed by atoms with Gasteiger partial charge in [-0.2, -0.15) is 0 Å². The highest BCUT2D eigenvalue weighted by Crippen LogP contribution is 2.71. The minimum absolute atomic E-state index is 0.237. The molecule has 2 aliphatic carbocycles. The third kappa shape index (κ3) is 2.57. The summed E-state index contributed by atoms with van der Waals surface area (Å²) in [6.07, 6.45) is 0.753. The van der Waals surface area contributed by atoms with Gasteiger partial charge in [-0.05, 0) is 51.0 Å². The Kier molecular flexibility index (Phi) is 4.74. The molecule has 7 rings (SSSR count). The van der Waals surface area contributed by atoms with Gasteiger partial charge in [0.15, 0.2) is 5.78 Å². The Morgan fingerprint density at radius 2 is 0.944 bits per heavy atom. The molecule has 36 heavy (non-hydrogen) atoms. The summed E-state index contributed by atoms with van der Waals surface area (Å²) >= 11 is 0. The first-order chi connectivity index (χ1) is 17.8. The molecule has 0 aromatic heterocycles. The highest BCUT2D eigenvalue weighted by atomic mass is 16.5. The van der Waals surface area contributed by atoms with Gasteiger partial charge in [0.2, 0.25) is 0 Å². The van der Waals surface area contributed by atoms with Crippen molar-refractivity contribution < 1.29 is 9.53 Å². The molecule has 0 spiro atoms. The number of carbonyl (C=O) groups excluding carboxylic acids is 1. The number of Topliss-reactive ketones (excluding diaryl/α,β-unsaturated/α-hetero) is 1. The molecular formula is C34H26O2. The third-order valence-electron chi connectivity index (χ3n) is 8.23. The van der Waals surface area contributed by atoms with Crippen molar-refractivity contribution in [3.63, 3.8) is 0 Å². The number of rotatable bonds is 4. The van der Waals surface area contributed by atoms with E-state index in [1.165, 1.54) is 5.57 Å². The predicted octanol–water partition coefficient (Wildman–Crippen LogP) is 6.79. The van der Waals surface area contributed by atoms with Gasteiger partial charge in [0.25, 0.3) is 0 Å². The summed E-state index contributed by atoms with van der Waals surface area (Å²) in [4.78, 5) is 15.4. The number of fused-ring (bicyclic) bond motifs is 4. The summed E-state index contributed by atoms with van der Waals surface area (Å²) in [5.74, 6) is 0.237. The molecule has 2 bridgehead atoms. The second-order valence-corrected chi connectivity index (χ2v) is 9.80. The van der Waals surface area contributed by atoms with E-state index in [-0.39, 0.29) is 5.78 Å². The normalized spacial score (nSPS) is 24.8. The van der Waals surface area contributed by atoms with E-state index in [0.29, 0.717) is 13.2 Å². The molecule has 2 atom stereocenters. The van der Waals surface area contributed by atoms with Gasteiger partial charge in [0.05, 0.1) is 13.2 Å². The minimum atomic E-state index is -0.890. The van der Waals surface area contributed by atoms with E-state index < -0.39 is 10.8 Å². The van der Waals surface area contributed by atoms with Gasteiger partial charge in [-0.1, -0.05) is 121 Å². The summed E-state index contributed by atoms with van der Waals surface area (Å²) in [6, 6.07) is 41.8. The lowest BCUT2D eigenvalue weighted by Gasteiger charge is -2.39. The Morgan fingerprint density at radius 1 is 0.528 bits per heavy atom. The van der Waals surface area contributed by atoms with Crippen LogP contribution in [0.2, 0.25) is 0 Å². The van der Waals surface area contributed by atoms with Crippen molar-refractivity contribution in [2.75, 3.05) is 13.2 Å². The average Bonchev–Trinajstić information content (AvgIpc) is 3.35. The van der Waals surface area contributed by atoms with Crippen molar-refractivity contribution in [1.82, 2.24) is 0 Å². The molecule has 174 valence electrons. The molecule has 0 fully saturated rings. The van der Waals surface area contributed by atoms with Crippen molar-refractivity contribution >= 4 is 16.9 Å². The Balaban J connectivity index is 1.71. The second-order valence-electron chi connectivity index (χ2n) is 9.80. The van der Waals surface area contributed by atoms with Crippen LogP contribution in [0.4, 0.5) is 0 Å². The van der Waals surface area contributed by atoms with E-state index in [1.54, 1.807) is 0 Å². The SMILES string of the molecule is O=C1C2(c3ccccc3)C3=C(COCC3)C1(c1ccccc1)C(c1ccccc1)=C2c1ccccc1. The fourth-order valence-electron chi connectivity index (χ4n) is 7.00. The second kappa shape index (κ2) is 8.01. The smallest absolute Gasteiger partial charge is 0.171 e. The number of hydrogen-bond acceptors (Lipinski definition) is 2. The zero-order valence-electron chi connectivity index (χ0n) is 20.0. The van der Waals surface area contributed by atoms with Crippen molar-refractivity contribution in [3.05, 3.63) is 155 Å². The quantitative estimate of drug-likeness (QED) is 0.310. The summed E-state index contributed by atoms with van der Waals surface area (Å²) in [7, 11) is 0. The van der Waals surface area contributed by atoms with Gasteiger partial charge in [0, 0.05) is 0 Å². The lowest BCUT2D eigenvalue weighted by molar-refractivity contribution is -0.122. The minimum Gasteiger partial charge on any atom is -0.377 e. The zero-order chi connectivity index (χ0) is 24.2. The first-order valence-electron chi connectivity index (χ1n) is 12.6. The number of ketones is 1. The van der Waals surface area contributed by atoms with Crippen LogP contribution in [-0.2, 0) is 20.4 Å². The van der Waals surface area contributed by atoms with Crippen LogP contribution in [-0.4, -0.2) is 19.0 Å². The van der Waals surface area contributed by atoms with Crippen LogP contribution in [0.15, 0.2) is 132 Å². The predicted molar refractivity (Wildman–Crippen MR) is 143 cm³/mol. The lowest BCUT2D eigenvalue weighted by Crippen LogP contribution is -2.39. The fraction of sp³-hybridized carbons (Fsp3) is 0.147. The molecule has 0 saturated heterocycles. The van der Waals surface area contributed by atoms with E-state index in [4.69, 9.17) is 4.74 Å².